The Morgan fingerprint density at radius 3 is 2.49 bits per heavy atom. The molecule has 0 aliphatic carbocycles. The van der Waals surface area contributed by atoms with Crippen LogP contribution < -0.4 is 14.4 Å². The van der Waals surface area contributed by atoms with E-state index in [4.69, 9.17) is 6.57 Å². The molecule has 1 aromatic heterocycles. The van der Waals surface area contributed by atoms with E-state index in [0.717, 1.165) is 47.1 Å². The van der Waals surface area contributed by atoms with Crippen molar-refractivity contribution in [3.63, 3.8) is 0 Å². The summed E-state index contributed by atoms with van der Waals surface area (Å²) in [5.41, 5.74) is 4.97. The van der Waals surface area contributed by atoms with Gasteiger partial charge in [-0.1, -0.05) is 24.3 Å². The molecule has 0 unspecified atom stereocenters. The molecule has 200 valence electrons. The Balaban J connectivity index is 1.64. The Kier molecular flexibility index (Phi) is 8.20. The van der Waals surface area contributed by atoms with Crippen LogP contribution in [0.2, 0.25) is 0 Å². The summed E-state index contributed by atoms with van der Waals surface area (Å²) in [6.45, 7) is 13.5. The number of hydrogen-bond acceptors (Lipinski definition) is 5. The van der Waals surface area contributed by atoms with Gasteiger partial charge in [-0.05, 0) is 50.3 Å². The first-order chi connectivity index (χ1) is 18.7. The molecule has 2 heterocycles. The molecule has 0 saturated carbocycles. The summed E-state index contributed by atoms with van der Waals surface area (Å²) in [5, 5.41) is 9.34. The summed E-state index contributed by atoms with van der Waals surface area (Å²) >= 11 is 0. The first-order valence-corrected chi connectivity index (χ1v) is 14.3. The summed E-state index contributed by atoms with van der Waals surface area (Å²) in [5.74, 6) is 1.53. The number of nitriles is 1. The average Bonchev–Trinajstić information content (AvgIpc) is 3.37. The largest absolute Gasteiger partial charge is 0.326 e. The maximum absolute atomic E-state index is 11.3. The van der Waals surface area contributed by atoms with Crippen LogP contribution in [0.1, 0.15) is 31.7 Å². The quantitative estimate of drug-likeness (QED) is 0.178. The van der Waals surface area contributed by atoms with Gasteiger partial charge in [0.15, 0.2) is 16.7 Å². The van der Waals surface area contributed by atoms with Gasteiger partial charge < -0.3 is 9.80 Å². The third-order valence-electron chi connectivity index (χ3n) is 6.73. The van der Waals surface area contributed by atoms with Gasteiger partial charge in [0.05, 0.1) is 48.9 Å². The third-order valence-corrected chi connectivity index (χ3v) is 7.53. The predicted molar refractivity (Wildman–Crippen MR) is 154 cm³/mol. The fourth-order valence-corrected chi connectivity index (χ4v) is 5.47. The zero-order valence-electron chi connectivity index (χ0n) is 22.2. The lowest BCUT2D eigenvalue weighted by Gasteiger charge is -2.23. The Labute approximate surface area is 229 Å². The van der Waals surface area contributed by atoms with E-state index < -0.39 is 10.1 Å². The molecule has 1 aliphatic rings. The normalized spacial score (nSPS) is 14.6. The minimum absolute atomic E-state index is 0.238. The molecular formula is C29H31N6O3S+. The van der Waals surface area contributed by atoms with Crippen LogP contribution in [0.3, 0.4) is 0 Å². The number of benzene rings is 2. The highest BCUT2D eigenvalue weighted by Gasteiger charge is 2.29. The van der Waals surface area contributed by atoms with Crippen molar-refractivity contribution >= 4 is 44.3 Å². The number of hydrogen-bond donors (Lipinski definition) is 1. The van der Waals surface area contributed by atoms with Crippen LogP contribution in [0.5, 0.6) is 0 Å². The minimum atomic E-state index is -4.06. The first kappa shape index (κ1) is 27.6. The molecule has 9 nitrogen and oxygen atoms in total. The van der Waals surface area contributed by atoms with Gasteiger partial charge in [0.25, 0.3) is 15.9 Å². The molecular weight excluding hydrogens is 512 g/mol. The second-order valence-electron chi connectivity index (χ2n) is 9.07. The van der Waals surface area contributed by atoms with E-state index >= 15 is 0 Å². The number of allylic oxidation sites excluding steroid dienone is 4. The van der Waals surface area contributed by atoms with Crippen molar-refractivity contribution in [3.8, 4) is 6.07 Å². The number of aryl methyl sites for hydroxylation is 2. The van der Waals surface area contributed by atoms with Gasteiger partial charge in [0.1, 0.15) is 5.82 Å². The lowest BCUT2D eigenvalue weighted by atomic mass is 10.2. The van der Waals surface area contributed by atoms with Crippen LogP contribution >= 0.6 is 0 Å². The second-order valence-corrected chi connectivity index (χ2v) is 10.6. The molecule has 0 saturated heterocycles. The van der Waals surface area contributed by atoms with Gasteiger partial charge in [-0.25, -0.2) is 14.0 Å². The van der Waals surface area contributed by atoms with E-state index in [9.17, 15) is 18.2 Å². The smallest absolute Gasteiger partial charge is 0.282 e. The van der Waals surface area contributed by atoms with Gasteiger partial charge in [-0.2, -0.15) is 13.7 Å². The molecule has 0 atom stereocenters. The van der Waals surface area contributed by atoms with Crippen LogP contribution in [-0.4, -0.2) is 36.4 Å². The van der Waals surface area contributed by atoms with Crippen LogP contribution in [0, 0.1) is 17.9 Å². The highest BCUT2D eigenvalue weighted by atomic mass is 32.2. The molecule has 1 N–H and O–H groups in total. The summed E-state index contributed by atoms with van der Waals surface area (Å²) in [4.78, 5) is 7.94. The molecule has 10 heteroatoms. The zero-order valence-corrected chi connectivity index (χ0v) is 23.1. The number of fused-ring (bicyclic) bond motifs is 2. The Bertz CT molecular complexity index is 1690. The maximum atomic E-state index is 11.3. The molecule has 0 radical (unpaired) electrons. The topological polar surface area (TPSA) is 97.8 Å². The van der Waals surface area contributed by atoms with Crippen molar-refractivity contribution in [2.24, 2.45) is 7.05 Å². The molecule has 0 bridgehead atoms. The van der Waals surface area contributed by atoms with Gasteiger partial charge >= 0.3 is 0 Å². The van der Waals surface area contributed by atoms with E-state index in [0.29, 0.717) is 17.8 Å². The lowest BCUT2D eigenvalue weighted by Crippen LogP contribution is -2.31. The summed E-state index contributed by atoms with van der Waals surface area (Å²) in [6.07, 6.45) is 10.1. The van der Waals surface area contributed by atoms with Crippen molar-refractivity contribution in [2.45, 2.75) is 26.8 Å². The van der Waals surface area contributed by atoms with Crippen LogP contribution in [0.25, 0.3) is 22.0 Å². The van der Waals surface area contributed by atoms with Gasteiger partial charge in [-0.3, -0.25) is 4.55 Å². The maximum Gasteiger partial charge on any atom is 0.282 e. The summed E-state index contributed by atoms with van der Waals surface area (Å²) in [7, 11) is -2.14. The van der Waals surface area contributed by atoms with E-state index in [-0.39, 0.29) is 12.2 Å². The lowest BCUT2D eigenvalue weighted by molar-refractivity contribution is -0.647. The third kappa shape index (κ3) is 5.73. The first-order valence-electron chi connectivity index (χ1n) is 12.7. The van der Waals surface area contributed by atoms with Crippen LogP contribution in [0.15, 0.2) is 66.5 Å². The van der Waals surface area contributed by atoms with Gasteiger partial charge in [0.2, 0.25) is 0 Å². The number of imidazole rings is 1. The van der Waals surface area contributed by atoms with Crippen molar-refractivity contribution in [1.82, 2.24) is 4.57 Å². The zero-order chi connectivity index (χ0) is 28.2. The average molecular weight is 544 g/mol. The molecule has 0 fully saturated rings. The van der Waals surface area contributed by atoms with Crippen LogP contribution in [0.4, 0.5) is 17.1 Å². The van der Waals surface area contributed by atoms with E-state index in [1.807, 2.05) is 70.8 Å². The number of nitrogens with zero attached hydrogens (tertiary/aromatic N) is 6. The van der Waals surface area contributed by atoms with E-state index in [2.05, 4.69) is 34.6 Å². The highest BCUT2D eigenvalue weighted by molar-refractivity contribution is 7.85. The minimum Gasteiger partial charge on any atom is -0.326 e. The van der Waals surface area contributed by atoms with Crippen molar-refractivity contribution in [3.05, 3.63) is 89.3 Å². The molecule has 3 aromatic rings. The fourth-order valence-electron chi connectivity index (χ4n) is 4.97. The van der Waals surface area contributed by atoms with Crippen LogP contribution in [-0.2, 0) is 23.7 Å². The van der Waals surface area contributed by atoms with Crippen molar-refractivity contribution in [2.75, 3.05) is 28.6 Å². The SMILES string of the molecule is [C-]#[N+]c1ccc2c(c1)n(CCCS(=O)(=O)O)c(/C=C/C=C/C=C1\N(CC)c3ccc(C#N)cc3N1CC)[n+]2C. The number of anilines is 2. The second kappa shape index (κ2) is 11.6. The predicted octanol–water partition coefficient (Wildman–Crippen LogP) is 4.94. The Morgan fingerprint density at radius 2 is 1.82 bits per heavy atom. The number of rotatable bonds is 9. The number of aromatic nitrogens is 2. The highest BCUT2D eigenvalue weighted by Crippen LogP contribution is 2.41. The molecule has 2 aromatic carbocycles. The molecule has 0 amide bonds. The van der Waals surface area contributed by atoms with E-state index in [1.54, 1.807) is 12.1 Å². The molecule has 4 rings (SSSR count). The van der Waals surface area contributed by atoms with Crippen molar-refractivity contribution < 1.29 is 17.5 Å². The molecule has 1 aliphatic heterocycles. The van der Waals surface area contributed by atoms with Gasteiger partial charge in [-0.15, -0.1) is 0 Å². The van der Waals surface area contributed by atoms with Crippen molar-refractivity contribution in [1.29, 1.82) is 5.26 Å². The fraction of sp³-hybridized carbons (Fsp3) is 0.276. The van der Waals surface area contributed by atoms with E-state index in [1.165, 1.54) is 0 Å². The summed E-state index contributed by atoms with van der Waals surface area (Å²) in [6, 6.07) is 13.4. The standard InChI is InChI=1S/C29H30N6O3S/c1-5-33-25-15-13-22(21-30)19-26(25)34(6-2)29(33)12-9-7-8-11-28-32(4)24-16-14-23(31-3)20-27(24)35(28)17-10-18-39(36,37)38/h7-9,11-16,19-20H,5-6,10,17-18H2,1-2,4H3/p+1. The summed E-state index contributed by atoms with van der Waals surface area (Å²) < 4.78 is 35.7. The Hall–Kier alpha value is -4.38. The monoisotopic (exact) mass is 543 g/mol. The van der Waals surface area contributed by atoms with Gasteiger partial charge in [0, 0.05) is 25.6 Å². The molecule has 0 spiro atoms. The molecule has 39 heavy (non-hydrogen) atoms. The Morgan fingerprint density at radius 1 is 1.08 bits per heavy atom.